The first-order chi connectivity index (χ1) is 10.8. The van der Waals surface area contributed by atoms with Crippen molar-refractivity contribution in [3.8, 4) is 0 Å². The molecule has 0 aromatic heterocycles. The van der Waals surface area contributed by atoms with Crippen LogP contribution in [0.5, 0.6) is 0 Å². The predicted octanol–water partition coefficient (Wildman–Crippen LogP) is 2.81. The van der Waals surface area contributed by atoms with Gasteiger partial charge in [-0.3, -0.25) is 4.79 Å². The summed E-state index contributed by atoms with van der Waals surface area (Å²) in [6, 6.07) is 9.16. The first-order valence-electron chi connectivity index (χ1n) is 7.70. The number of allylic oxidation sites excluding steroid dienone is 2. The first-order valence-corrected chi connectivity index (χ1v) is 8.85. The van der Waals surface area contributed by atoms with Crippen molar-refractivity contribution in [2.75, 3.05) is 13.2 Å². The van der Waals surface area contributed by atoms with Gasteiger partial charge in [0.1, 0.15) is 0 Å². The summed E-state index contributed by atoms with van der Waals surface area (Å²) in [6.07, 6.45) is 4.73. The molecule has 2 aliphatic rings. The van der Waals surface area contributed by atoms with Gasteiger partial charge < -0.3 is 9.47 Å². The van der Waals surface area contributed by atoms with Gasteiger partial charge in [-0.2, -0.15) is 0 Å². The molecule has 1 fully saturated rings. The summed E-state index contributed by atoms with van der Waals surface area (Å²) >= 11 is 0. The van der Waals surface area contributed by atoms with Gasteiger partial charge in [-0.15, -0.1) is 0 Å². The van der Waals surface area contributed by atoms with Crippen molar-refractivity contribution >= 4 is 16.6 Å². The van der Waals surface area contributed by atoms with Crippen molar-refractivity contribution in [2.45, 2.75) is 36.9 Å². The molecule has 1 aromatic carbocycles. The van der Waals surface area contributed by atoms with Crippen LogP contribution in [-0.4, -0.2) is 29.5 Å². The van der Waals surface area contributed by atoms with Crippen LogP contribution >= 0.6 is 0 Å². The Balaban J connectivity index is 1.64. The molecule has 1 aliphatic carbocycles. The zero-order valence-corrected chi connectivity index (χ0v) is 13.2. The van der Waals surface area contributed by atoms with E-state index in [1.807, 2.05) is 24.3 Å². The molecule has 1 saturated heterocycles. The summed E-state index contributed by atoms with van der Waals surface area (Å²) in [4.78, 5) is 13.7. The van der Waals surface area contributed by atoms with Gasteiger partial charge in [-0.1, -0.05) is 24.3 Å². The molecule has 1 aliphatic heterocycles. The molecule has 3 rings (SSSR count). The Hall–Kier alpha value is -1.30. The summed E-state index contributed by atoms with van der Waals surface area (Å²) in [5.41, 5.74) is 0. The van der Waals surface area contributed by atoms with Crippen molar-refractivity contribution in [3.05, 3.63) is 41.3 Å². The normalized spacial score (nSPS) is 24.3. The fraction of sp³-hybridized carbons (Fsp3) is 0.471. The monoisotopic (exact) mass is 320 g/mol. The van der Waals surface area contributed by atoms with Gasteiger partial charge >= 0.3 is 0 Å². The highest BCUT2D eigenvalue weighted by molar-refractivity contribution is 7.90. The third-order valence-electron chi connectivity index (χ3n) is 4.06. The molecule has 2 unspecified atom stereocenters. The van der Waals surface area contributed by atoms with E-state index in [9.17, 15) is 9.00 Å². The summed E-state index contributed by atoms with van der Waals surface area (Å²) in [5, 5.41) is 0. The van der Waals surface area contributed by atoms with Crippen molar-refractivity contribution in [1.29, 1.82) is 0 Å². The Labute approximate surface area is 133 Å². The van der Waals surface area contributed by atoms with Gasteiger partial charge in [0.25, 0.3) is 0 Å². The van der Waals surface area contributed by atoms with Gasteiger partial charge in [0.05, 0.1) is 28.9 Å². The van der Waals surface area contributed by atoms with E-state index in [4.69, 9.17) is 9.47 Å². The Bertz CT molecular complexity index is 576. The number of ether oxygens (including phenoxy) is 2. The highest BCUT2D eigenvalue weighted by Crippen LogP contribution is 2.29. The maximum Gasteiger partial charge on any atom is 0.174 e. The molecule has 0 bridgehead atoms. The zero-order chi connectivity index (χ0) is 15.4. The molecule has 4 nitrogen and oxygen atoms in total. The number of rotatable bonds is 5. The average molecular weight is 320 g/mol. The van der Waals surface area contributed by atoms with Crippen LogP contribution in [0.3, 0.4) is 0 Å². The van der Waals surface area contributed by atoms with Gasteiger partial charge in [0, 0.05) is 10.8 Å². The lowest BCUT2D eigenvalue weighted by Gasteiger charge is -2.22. The number of hydrogen-bond acceptors (Lipinski definition) is 4. The van der Waals surface area contributed by atoms with Crippen LogP contribution in [-0.2, 0) is 25.1 Å². The fourth-order valence-electron chi connectivity index (χ4n) is 2.87. The van der Waals surface area contributed by atoms with E-state index < -0.39 is 10.8 Å². The quantitative estimate of drug-likeness (QED) is 0.837. The lowest BCUT2D eigenvalue weighted by molar-refractivity contribution is -0.120. The van der Waals surface area contributed by atoms with E-state index in [1.54, 1.807) is 12.1 Å². The summed E-state index contributed by atoms with van der Waals surface area (Å²) in [5.74, 6) is -0.0492. The van der Waals surface area contributed by atoms with Gasteiger partial charge in [-0.05, 0) is 37.8 Å². The van der Waals surface area contributed by atoms with Crippen LogP contribution in [0.25, 0.3) is 0 Å². The molecule has 0 radical (unpaired) electrons. The minimum absolute atomic E-state index is 0.0198. The Morgan fingerprint density at radius 2 is 1.82 bits per heavy atom. The molecular weight excluding hydrogens is 300 g/mol. The lowest BCUT2D eigenvalue weighted by atomic mass is 9.89. The molecule has 118 valence electrons. The van der Waals surface area contributed by atoms with Crippen LogP contribution in [0.1, 0.15) is 25.7 Å². The van der Waals surface area contributed by atoms with E-state index in [0.717, 1.165) is 25.7 Å². The van der Waals surface area contributed by atoms with Crippen LogP contribution in [0.15, 0.2) is 46.2 Å². The summed E-state index contributed by atoms with van der Waals surface area (Å²) in [6.45, 7) is 1.26. The van der Waals surface area contributed by atoms with Gasteiger partial charge in [0.15, 0.2) is 12.1 Å². The lowest BCUT2D eigenvalue weighted by Crippen LogP contribution is -2.24. The fourth-order valence-corrected chi connectivity index (χ4v) is 4.15. The summed E-state index contributed by atoms with van der Waals surface area (Å²) < 4.78 is 23.4. The van der Waals surface area contributed by atoms with Crippen LogP contribution in [0.4, 0.5) is 0 Å². The SMILES string of the molecule is O=C1C(S(=O)c2ccccc2)=CCCC1CCC1OCCO1. The molecule has 0 saturated carbocycles. The smallest absolute Gasteiger partial charge is 0.174 e. The number of hydrogen-bond donors (Lipinski definition) is 0. The van der Waals surface area contributed by atoms with Crippen molar-refractivity contribution in [2.24, 2.45) is 5.92 Å². The Morgan fingerprint density at radius 1 is 1.09 bits per heavy atom. The highest BCUT2D eigenvalue weighted by Gasteiger charge is 2.30. The topological polar surface area (TPSA) is 52.6 Å². The molecular formula is C17H20O4S. The van der Waals surface area contributed by atoms with Gasteiger partial charge in [-0.25, -0.2) is 4.21 Å². The summed E-state index contributed by atoms with van der Waals surface area (Å²) in [7, 11) is -1.38. The highest BCUT2D eigenvalue weighted by atomic mass is 32.2. The van der Waals surface area contributed by atoms with Crippen LogP contribution < -0.4 is 0 Å². The van der Waals surface area contributed by atoms with Gasteiger partial charge in [0.2, 0.25) is 0 Å². The van der Waals surface area contributed by atoms with E-state index in [0.29, 0.717) is 23.0 Å². The molecule has 1 heterocycles. The number of benzene rings is 1. The van der Waals surface area contributed by atoms with Crippen molar-refractivity contribution in [1.82, 2.24) is 0 Å². The first kappa shape index (κ1) is 15.6. The number of carbonyl (C=O) groups excluding carboxylic acids is 1. The van der Waals surface area contributed by atoms with E-state index >= 15 is 0 Å². The number of ketones is 1. The molecule has 1 aromatic rings. The van der Waals surface area contributed by atoms with Crippen molar-refractivity contribution < 1.29 is 18.5 Å². The molecule has 5 heteroatoms. The third kappa shape index (κ3) is 3.54. The molecule has 0 amide bonds. The van der Waals surface area contributed by atoms with Crippen LogP contribution in [0, 0.1) is 5.92 Å². The molecule has 2 atom stereocenters. The second-order valence-electron chi connectivity index (χ2n) is 5.54. The minimum Gasteiger partial charge on any atom is -0.350 e. The maximum absolute atomic E-state index is 12.6. The molecule has 0 spiro atoms. The van der Waals surface area contributed by atoms with E-state index in [2.05, 4.69) is 0 Å². The van der Waals surface area contributed by atoms with Crippen LogP contribution in [0.2, 0.25) is 0 Å². The molecule has 22 heavy (non-hydrogen) atoms. The maximum atomic E-state index is 12.6. The standard InChI is InChI=1S/C17H20O4S/c18-17-13(9-10-16-20-11-12-21-16)5-4-8-15(17)22(19)14-6-2-1-3-7-14/h1-3,6-8,13,16H,4-5,9-12H2. The average Bonchev–Trinajstić information content (AvgIpc) is 3.07. The minimum atomic E-state index is -1.38. The number of carbonyl (C=O) groups is 1. The zero-order valence-electron chi connectivity index (χ0n) is 12.4. The third-order valence-corrected chi connectivity index (χ3v) is 5.52. The predicted molar refractivity (Wildman–Crippen MR) is 83.6 cm³/mol. The Kier molecular flexibility index (Phi) is 5.18. The van der Waals surface area contributed by atoms with Crippen molar-refractivity contribution in [3.63, 3.8) is 0 Å². The van der Waals surface area contributed by atoms with E-state index in [-0.39, 0.29) is 18.0 Å². The molecule has 0 N–H and O–H groups in total. The second kappa shape index (κ2) is 7.31. The Morgan fingerprint density at radius 3 is 2.55 bits per heavy atom. The number of Topliss-reactive ketones (excluding diaryl/α,β-unsaturated/α-hetero) is 1. The van der Waals surface area contributed by atoms with E-state index in [1.165, 1.54) is 0 Å². The second-order valence-corrected chi connectivity index (χ2v) is 6.99. The largest absolute Gasteiger partial charge is 0.350 e.